The lowest BCUT2D eigenvalue weighted by Crippen LogP contribution is -2.41. The van der Waals surface area contributed by atoms with Crippen LogP contribution in [0.2, 0.25) is 0 Å². The summed E-state index contributed by atoms with van der Waals surface area (Å²) in [6, 6.07) is 5.34. The molecule has 0 spiro atoms. The molecule has 1 atom stereocenters. The molecule has 0 bridgehead atoms. The number of anilines is 1. The zero-order chi connectivity index (χ0) is 20.0. The first kappa shape index (κ1) is 18.9. The summed E-state index contributed by atoms with van der Waals surface area (Å²) in [4.78, 5) is 14.4. The van der Waals surface area contributed by atoms with Gasteiger partial charge in [0.1, 0.15) is 0 Å². The van der Waals surface area contributed by atoms with E-state index >= 15 is 0 Å². The fourth-order valence-corrected chi connectivity index (χ4v) is 5.60. The van der Waals surface area contributed by atoms with Crippen molar-refractivity contribution in [3.63, 3.8) is 0 Å². The lowest BCUT2D eigenvalue weighted by molar-refractivity contribution is -0.117. The molecule has 2 heterocycles. The van der Waals surface area contributed by atoms with Crippen LogP contribution in [-0.4, -0.2) is 21.7 Å². The molecule has 0 N–H and O–H groups in total. The molecule has 2 saturated carbocycles. The van der Waals surface area contributed by atoms with Crippen molar-refractivity contribution in [2.75, 3.05) is 4.90 Å². The molecule has 1 amide bonds. The molecule has 0 saturated heterocycles. The summed E-state index contributed by atoms with van der Waals surface area (Å²) in [5.74, 6) is 1.04. The average molecular weight is 392 g/mol. The van der Waals surface area contributed by atoms with Crippen LogP contribution in [0.25, 0.3) is 11.1 Å². The number of hydrogen-bond acceptors (Lipinski definition) is 2. The Labute approximate surface area is 174 Å². The molecule has 29 heavy (non-hydrogen) atoms. The van der Waals surface area contributed by atoms with Crippen molar-refractivity contribution in [2.24, 2.45) is 5.92 Å². The van der Waals surface area contributed by atoms with E-state index in [9.17, 15) is 4.79 Å². The second-order valence-electron chi connectivity index (χ2n) is 9.50. The number of nitrogens with zero attached hydrogens (tertiary/aromatic N) is 3. The summed E-state index contributed by atoms with van der Waals surface area (Å²) in [7, 11) is 0. The van der Waals surface area contributed by atoms with Crippen LogP contribution in [0.3, 0.4) is 0 Å². The number of aromatic nitrogens is 2. The molecule has 4 heteroatoms. The van der Waals surface area contributed by atoms with Gasteiger partial charge in [-0.15, -0.1) is 0 Å². The number of fused-ring (bicyclic) bond motifs is 1. The number of hydrogen-bond donors (Lipinski definition) is 0. The number of rotatable bonds is 5. The first-order chi connectivity index (χ1) is 14.1. The molecular weight excluding hydrogens is 358 g/mol. The van der Waals surface area contributed by atoms with Crippen LogP contribution in [0.5, 0.6) is 0 Å². The van der Waals surface area contributed by atoms with Gasteiger partial charge in [0.05, 0.1) is 12.2 Å². The van der Waals surface area contributed by atoms with Crippen LogP contribution in [0, 0.1) is 5.92 Å². The zero-order valence-electron chi connectivity index (χ0n) is 17.9. The van der Waals surface area contributed by atoms with E-state index in [4.69, 9.17) is 0 Å². The van der Waals surface area contributed by atoms with Gasteiger partial charge < -0.3 is 4.90 Å². The summed E-state index contributed by atoms with van der Waals surface area (Å²) in [6.07, 6.45) is 16.9. The highest BCUT2D eigenvalue weighted by molar-refractivity contribution is 5.94. The Bertz CT molecular complexity index is 905. The Kier molecular flexibility index (Phi) is 4.97. The molecule has 1 aliphatic heterocycles. The third kappa shape index (κ3) is 3.62. The van der Waals surface area contributed by atoms with Crippen molar-refractivity contribution >= 4 is 11.6 Å². The molecule has 4 nitrogen and oxygen atoms in total. The van der Waals surface area contributed by atoms with Gasteiger partial charge in [0, 0.05) is 30.4 Å². The molecule has 2 fully saturated rings. The van der Waals surface area contributed by atoms with Crippen molar-refractivity contribution in [2.45, 2.75) is 90.1 Å². The van der Waals surface area contributed by atoms with E-state index in [0.717, 1.165) is 30.9 Å². The van der Waals surface area contributed by atoms with E-state index in [1.54, 1.807) is 6.92 Å². The highest BCUT2D eigenvalue weighted by Crippen LogP contribution is 2.41. The minimum atomic E-state index is 0.162. The summed E-state index contributed by atoms with van der Waals surface area (Å²) < 4.78 is 2.15. The van der Waals surface area contributed by atoms with E-state index in [1.807, 2.05) is 11.1 Å². The smallest absolute Gasteiger partial charge is 0.224 e. The zero-order valence-corrected chi connectivity index (χ0v) is 17.9. The van der Waals surface area contributed by atoms with Gasteiger partial charge in [-0.25, -0.2) is 0 Å². The Hall–Kier alpha value is -2.10. The predicted molar refractivity (Wildman–Crippen MR) is 117 cm³/mol. The van der Waals surface area contributed by atoms with Crippen molar-refractivity contribution in [1.29, 1.82) is 0 Å². The number of benzene rings is 1. The van der Waals surface area contributed by atoms with Crippen molar-refractivity contribution in [1.82, 2.24) is 9.78 Å². The second kappa shape index (κ2) is 7.62. The number of carbonyl (C=O) groups excluding carboxylic acids is 1. The van der Waals surface area contributed by atoms with Crippen LogP contribution in [0.15, 0.2) is 24.5 Å². The van der Waals surface area contributed by atoms with Crippen molar-refractivity contribution in [3.05, 3.63) is 35.7 Å². The van der Waals surface area contributed by atoms with Crippen molar-refractivity contribution < 1.29 is 4.79 Å². The molecule has 2 aliphatic carbocycles. The van der Waals surface area contributed by atoms with Gasteiger partial charge in [-0.2, -0.15) is 5.10 Å². The van der Waals surface area contributed by atoms with Crippen LogP contribution < -0.4 is 4.90 Å². The van der Waals surface area contributed by atoms with Gasteiger partial charge in [-0.3, -0.25) is 9.48 Å². The van der Waals surface area contributed by atoms with Gasteiger partial charge in [0.25, 0.3) is 0 Å². The van der Waals surface area contributed by atoms with Gasteiger partial charge >= 0.3 is 0 Å². The minimum Gasteiger partial charge on any atom is -0.310 e. The first-order valence-electron chi connectivity index (χ1n) is 11.6. The number of carbonyl (C=O) groups is 1. The predicted octanol–water partition coefficient (Wildman–Crippen LogP) is 5.70. The van der Waals surface area contributed by atoms with Gasteiger partial charge in [0.2, 0.25) is 5.91 Å². The fourth-order valence-electron chi connectivity index (χ4n) is 5.60. The summed E-state index contributed by atoms with van der Waals surface area (Å²) in [5, 5.41) is 4.65. The normalized spacial score (nSPS) is 22.1. The van der Waals surface area contributed by atoms with Gasteiger partial charge in [-0.05, 0) is 74.1 Å². The van der Waals surface area contributed by atoms with E-state index in [-0.39, 0.29) is 11.9 Å². The molecule has 1 aromatic carbocycles. The molecule has 2 aromatic rings. The molecule has 3 aliphatic rings. The maximum atomic E-state index is 12.4. The van der Waals surface area contributed by atoms with E-state index in [2.05, 4.69) is 35.0 Å². The van der Waals surface area contributed by atoms with E-state index in [1.165, 1.54) is 67.2 Å². The summed E-state index contributed by atoms with van der Waals surface area (Å²) >= 11 is 0. The fraction of sp³-hybridized carbons (Fsp3) is 0.600. The maximum absolute atomic E-state index is 12.4. The quantitative estimate of drug-likeness (QED) is 0.656. The standard InChI is InChI=1S/C25H33N3O/c1-17-7-11-24-23(12-8-19-5-3-4-6-19)22(13-14-25(24)28(17)18(2)29)20-15-26-27(16-20)21-9-10-21/h13-17,19,21H,3-12H2,1-2H3/t17-/m0/s1. The minimum absolute atomic E-state index is 0.162. The highest BCUT2D eigenvalue weighted by atomic mass is 16.2. The van der Waals surface area contributed by atoms with Crippen LogP contribution >= 0.6 is 0 Å². The summed E-state index contributed by atoms with van der Waals surface area (Å²) in [5.41, 5.74) is 6.62. The SMILES string of the molecule is CC(=O)N1c2ccc(-c3cnn(C4CC4)c3)c(CCC3CCCC3)c2CC[C@@H]1C. The maximum Gasteiger partial charge on any atom is 0.224 e. The topological polar surface area (TPSA) is 38.1 Å². The van der Waals surface area contributed by atoms with Gasteiger partial charge in [-0.1, -0.05) is 31.7 Å². The van der Waals surface area contributed by atoms with Gasteiger partial charge in [0.15, 0.2) is 0 Å². The second-order valence-corrected chi connectivity index (χ2v) is 9.50. The van der Waals surface area contributed by atoms with Crippen LogP contribution in [-0.2, 0) is 17.6 Å². The van der Waals surface area contributed by atoms with E-state index in [0.29, 0.717) is 6.04 Å². The Morgan fingerprint density at radius 2 is 1.93 bits per heavy atom. The molecule has 1 aromatic heterocycles. The molecule has 5 rings (SSSR count). The third-order valence-electron chi connectivity index (χ3n) is 7.37. The Morgan fingerprint density at radius 1 is 1.14 bits per heavy atom. The summed E-state index contributed by atoms with van der Waals surface area (Å²) in [6.45, 7) is 3.88. The first-order valence-corrected chi connectivity index (χ1v) is 11.6. The Morgan fingerprint density at radius 3 is 2.66 bits per heavy atom. The largest absolute Gasteiger partial charge is 0.310 e. The molecule has 154 valence electrons. The molecule has 0 unspecified atom stereocenters. The van der Waals surface area contributed by atoms with Crippen LogP contribution in [0.4, 0.5) is 5.69 Å². The number of amides is 1. The monoisotopic (exact) mass is 391 g/mol. The lowest BCUT2D eigenvalue weighted by Gasteiger charge is -2.36. The lowest BCUT2D eigenvalue weighted by atomic mass is 9.85. The van der Waals surface area contributed by atoms with E-state index < -0.39 is 0 Å². The van der Waals surface area contributed by atoms with Crippen LogP contribution in [0.1, 0.15) is 82.4 Å². The van der Waals surface area contributed by atoms with Crippen molar-refractivity contribution in [3.8, 4) is 11.1 Å². The highest BCUT2D eigenvalue weighted by Gasteiger charge is 2.30. The molecule has 0 radical (unpaired) electrons. The average Bonchev–Trinajstić information content (AvgIpc) is 3.22. The third-order valence-corrected chi connectivity index (χ3v) is 7.37. The molecular formula is C25H33N3O. The Balaban J connectivity index is 1.55.